The number of carbonyl (C=O) groups is 1. The van der Waals surface area contributed by atoms with E-state index in [2.05, 4.69) is 0 Å². The third kappa shape index (κ3) is 4.87. The highest BCUT2D eigenvalue weighted by Gasteiger charge is 2.18. The van der Waals surface area contributed by atoms with Crippen molar-refractivity contribution in [2.75, 3.05) is 12.4 Å². The van der Waals surface area contributed by atoms with Crippen LogP contribution in [0.4, 0.5) is 0 Å². The molecule has 0 radical (unpaired) electrons. The Labute approximate surface area is 156 Å². The van der Waals surface area contributed by atoms with Crippen LogP contribution in [0, 0.1) is 0 Å². The Morgan fingerprint density at radius 2 is 1.84 bits per heavy atom. The number of carboxylic acids is 1. The van der Waals surface area contributed by atoms with E-state index in [0.29, 0.717) is 27.6 Å². The van der Waals surface area contributed by atoms with E-state index in [9.17, 15) is 13.2 Å². The van der Waals surface area contributed by atoms with Crippen LogP contribution >= 0.6 is 23.2 Å². The van der Waals surface area contributed by atoms with Crippen molar-refractivity contribution in [3.05, 3.63) is 46.4 Å². The summed E-state index contributed by atoms with van der Waals surface area (Å²) >= 11 is 12.3. The fraction of sp³-hybridized carbons (Fsp3) is 0.235. The molecule has 1 N–H and O–H groups in total. The van der Waals surface area contributed by atoms with Crippen molar-refractivity contribution in [1.82, 2.24) is 0 Å². The predicted molar refractivity (Wildman–Crippen MR) is 97.4 cm³/mol. The topological polar surface area (TPSA) is 80.7 Å². The minimum atomic E-state index is -3.43. The first-order chi connectivity index (χ1) is 11.7. The van der Waals surface area contributed by atoms with E-state index in [4.69, 9.17) is 33.0 Å². The van der Waals surface area contributed by atoms with Gasteiger partial charge in [0.2, 0.25) is 0 Å². The van der Waals surface area contributed by atoms with Crippen molar-refractivity contribution in [2.24, 2.45) is 0 Å². The SMILES string of the molecule is CCCS(=O)(=O)c1ccc(Cl)c(-c2cc(Cl)ccc2OCC(=O)O)c1. The Morgan fingerprint density at radius 3 is 2.48 bits per heavy atom. The Morgan fingerprint density at radius 1 is 1.12 bits per heavy atom. The molecule has 0 bridgehead atoms. The summed E-state index contributed by atoms with van der Waals surface area (Å²) in [5.41, 5.74) is 0.828. The van der Waals surface area contributed by atoms with Gasteiger partial charge in [-0.1, -0.05) is 30.1 Å². The first-order valence-corrected chi connectivity index (χ1v) is 9.82. The van der Waals surface area contributed by atoms with Gasteiger partial charge >= 0.3 is 5.97 Å². The lowest BCUT2D eigenvalue weighted by atomic mass is 10.0. The van der Waals surface area contributed by atoms with Crippen molar-refractivity contribution in [2.45, 2.75) is 18.2 Å². The van der Waals surface area contributed by atoms with E-state index in [1.165, 1.54) is 24.3 Å². The molecule has 0 heterocycles. The van der Waals surface area contributed by atoms with E-state index in [1.54, 1.807) is 19.1 Å². The van der Waals surface area contributed by atoms with Gasteiger partial charge < -0.3 is 9.84 Å². The number of sulfone groups is 1. The number of halogens is 2. The van der Waals surface area contributed by atoms with Gasteiger partial charge in [0.05, 0.1) is 10.6 Å². The fourth-order valence-corrected chi connectivity index (χ4v) is 4.01. The normalized spacial score (nSPS) is 11.3. The number of hydrogen-bond donors (Lipinski definition) is 1. The molecule has 0 saturated heterocycles. The number of rotatable bonds is 7. The van der Waals surface area contributed by atoms with Gasteiger partial charge in [0.25, 0.3) is 0 Å². The Kier molecular flexibility index (Phi) is 6.32. The second-order valence-electron chi connectivity index (χ2n) is 5.28. The van der Waals surface area contributed by atoms with E-state index in [0.717, 1.165) is 0 Å². The second kappa shape index (κ2) is 8.08. The summed E-state index contributed by atoms with van der Waals surface area (Å²) in [4.78, 5) is 10.9. The van der Waals surface area contributed by atoms with Gasteiger partial charge in [-0.3, -0.25) is 0 Å². The first-order valence-electron chi connectivity index (χ1n) is 7.41. The molecule has 0 aromatic heterocycles. The third-order valence-corrected chi connectivity index (χ3v) is 5.84. The molecule has 0 saturated carbocycles. The highest BCUT2D eigenvalue weighted by molar-refractivity contribution is 7.91. The zero-order chi connectivity index (χ0) is 18.6. The van der Waals surface area contributed by atoms with Crippen LogP contribution in [-0.2, 0) is 14.6 Å². The summed E-state index contributed by atoms with van der Waals surface area (Å²) in [6.45, 7) is 1.24. The summed E-state index contributed by atoms with van der Waals surface area (Å²) in [6.07, 6.45) is 0.491. The standard InChI is InChI=1S/C17H16Cl2O5S/c1-2-7-25(22,23)12-4-5-15(19)13(9-12)14-8-11(18)3-6-16(14)24-10-17(20)21/h3-6,8-9H,2,7,10H2,1H3,(H,20,21). The van der Waals surface area contributed by atoms with E-state index in [1.807, 2.05) is 0 Å². The maximum atomic E-state index is 12.3. The average molecular weight is 403 g/mol. The van der Waals surface area contributed by atoms with E-state index < -0.39 is 22.4 Å². The zero-order valence-electron chi connectivity index (χ0n) is 13.3. The second-order valence-corrected chi connectivity index (χ2v) is 8.24. The van der Waals surface area contributed by atoms with Crippen LogP contribution in [-0.4, -0.2) is 31.9 Å². The molecule has 0 unspecified atom stereocenters. The van der Waals surface area contributed by atoms with Crippen molar-refractivity contribution < 1.29 is 23.1 Å². The van der Waals surface area contributed by atoms with Gasteiger partial charge in [0.1, 0.15) is 5.75 Å². The van der Waals surface area contributed by atoms with Crippen LogP contribution in [0.2, 0.25) is 10.0 Å². The molecular weight excluding hydrogens is 387 g/mol. The smallest absolute Gasteiger partial charge is 0.341 e. The quantitative estimate of drug-likeness (QED) is 0.745. The molecule has 25 heavy (non-hydrogen) atoms. The van der Waals surface area contributed by atoms with Crippen LogP contribution in [0.3, 0.4) is 0 Å². The van der Waals surface area contributed by atoms with Crippen molar-refractivity contribution >= 4 is 39.0 Å². The molecule has 5 nitrogen and oxygen atoms in total. The number of ether oxygens (including phenoxy) is 1. The molecule has 2 aromatic carbocycles. The maximum Gasteiger partial charge on any atom is 0.341 e. The molecule has 134 valence electrons. The van der Waals surface area contributed by atoms with Crippen LogP contribution < -0.4 is 4.74 Å². The lowest BCUT2D eigenvalue weighted by Crippen LogP contribution is -2.10. The van der Waals surface area contributed by atoms with Crippen molar-refractivity contribution in [3.8, 4) is 16.9 Å². The van der Waals surface area contributed by atoms with Crippen molar-refractivity contribution in [3.63, 3.8) is 0 Å². The van der Waals surface area contributed by atoms with E-state index in [-0.39, 0.29) is 16.4 Å². The lowest BCUT2D eigenvalue weighted by Gasteiger charge is -2.13. The lowest BCUT2D eigenvalue weighted by molar-refractivity contribution is -0.139. The Balaban J connectivity index is 2.57. The molecular formula is C17H16Cl2O5S. The number of aliphatic carboxylic acids is 1. The highest BCUT2D eigenvalue weighted by Crippen LogP contribution is 2.38. The molecule has 0 atom stereocenters. The van der Waals surface area contributed by atoms with Crippen LogP contribution in [0.25, 0.3) is 11.1 Å². The molecule has 0 amide bonds. The monoisotopic (exact) mass is 402 g/mol. The molecule has 2 aromatic rings. The third-order valence-electron chi connectivity index (χ3n) is 3.35. The van der Waals surface area contributed by atoms with Crippen molar-refractivity contribution in [1.29, 1.82) is 0 Å². The summed E-state index contributed by atoms with van der Waals surface area (Å²) in [5, 5.41) is 9.49. The Bertz CT molecular complexity index is 894. The van der Waals surface area contributed by atoms with Gasteiger partial charge in [-0.2, -0.15) is 0 Å². The first kappa shape index (κ1) is 19.6. The molecule has 0 spiro atoms. The van der Waals surface area contributed by atoms with Gasteiger partial charge in [-0.15, -0.1) is 0 Å². The molecule has 2 rings (SSSR count). The fourth-order valence-electron chi connectivity index (χ4n) is 2.27. The molecule has 0 aliphatic heterocycles. The minimum absolute atomic E-state index is 0.0198. The highest BCUT2D eigenvalue weighted by atomic mass is 35.5. The maximum absolute atomic E-state index is 12.3. The number of carboxylic acid groups (broad SMARTS) is 1. The van der Waals surface area contributed by atoms with Crippen LogP contribution in [0.15, 0.2) is 41.3 Å². The number of hydrogen-bond acceptors (Lipinski definition) is 4. The Hall–Kier alpha value is -1.76. The summed E-state index contributed by atoms with van der Waals surface area (Å²) in [6, 6.07) is 9.00. The summed E-state index contributed by atoms with van der Waals surface area (Å²) in [7, 11) is -3.43. The molecule has 0 aliphatic rings. The van der Waals surface area contributed by atoms with E-state index >= 15 is 0 Å². The van der Waals surface area contributed by atoms with Gasteiger partial charge in [-0.25, -0.2) is 13.2 Å². The summed E-state index contributed by atoms with van der Waals surface area (Å²) < 4.78 is 29.9. The van der Waals surface area contributed by atoms with Gasteiger partial charge in [0, 0.05) is 21.2 Å². The number of benzene rings is 2. The largest absolute Gasteiger partial charge is 0.481 e. The van der Waals surface area contributed by atoms with Gasteiger partial charge in [-0.05, 0) is 42.8 Å². The average Bonchev–Trinajstić information content (AvgIpc) is 2.53. The zero-order valence-corrected chi connectivity index (χ0v) is 15.7. The minimum Gasteiger partial charge on any atom is -0.481 e. The predicted octanol–water partition coefficient (Wildman–Crippen LogP) is 4.31. The molecule has 0 fully saturated rings. The summed E-state index contributed by atoms with van der Waals surface area (Å²) in [5.74, 6) is -0.864. The molecule has 0 aliphatic carbocycles. The van der Waals surface area contributed by atoms with Crippen LogP contribution in [0.1, 0.15) is 13.3 Å². The van der Waals surface area contributed by atoms with Gasteiger partial charge in [0.15, 0.2) is 16.4 Å². The van der Waals surface area contributed by atoms with Crippen LogP contribution in [0.5, 0.6) is 5.75 Å². The molecule has 8 heteroatoms.